The van der Waals surface area contributed by atoms with Crippen LogP contribution in [0.4, 0.5) is 0 Å². The third kappa shape index (κ3) is 5.52. The highest BCUT2D eigenvalue weighted by Gasteiger charge is 2.12. The van der Waals surface area contributed by atoms with Crippen LogP contribution in [0, 0.1) is 0 Å². The lowest BCUT2D eigenvalue weighted by molar-refractivity contribution is 0.223. The van der Waals surface area contributed by atoms with Crippen molar-refractivity contribution in [1.82, 2.24) is 14.4 Å². The molecule has 5 heteroatoms. The highest BCUT2D eigenvalue weighted by Crippen LogP contribution is 2.34. The molecule has 0 fully saturated rings. The summed E-state index contributed by atoms with van der Waals surface area (Å²) in [6, 6.07) is 12.9. The Hall–Kier alpha value is -2.24. The first-order valence-corrected chi connectivity index (χ1v) is 11.9. The van der Waals surface area contributed by atoms with Crippen molar-refractivity contribution in [2.24, 2.45) is 0 Å². The number of aryl methyl sites for hydroxylation is 1. The van der Waals surface area contributed by atoms with Crippen molar-refractivity contribution >= 4 is 21.8 Å². The van der Waals surface area contributed by atoms with Crippen LogP contribution in [-0.2, 0) is 6.54 Å². The molecule has 0 N–H and O–H groups in total. The lowest BCUT2D eigenvalue weighted by Gasteiger charge is -2.18. The molecule has 3 aromatic rings. The maximum Gasteiger partial charge on any atom is 0.120 e. The Balaban J connectivity index is 1.82. The van der Waals surface area contributed by atoms with E-state index in [4.69, 9.17) is 9.47 Å². The van der Waals surface area contributed by atoms with Crippen molar-refractivity contribution in [2.75, 3.05) is 52.5 Å². The predicted molar refractivity (Wildman–Crippen MR) is 132 cm³/mol. The van der Waals surface area contributed by atoms with Crippen LogP contribution in [0.2, 0.25) is 0 Å². The van der Waals surface area contributed by atoms with E-state index in [9.17, 15) is 0 Å². The Morgan fingerprint density at radius 1 is 0.645 bits per heavy atom. The van der Waals surface area contributed by atoms with Crippen LogP contribution >= 0.6 is 0 Å². The van der Waals surface area contributed by atoms with E-state index < -0.39 is 0 Å². The minimum Gasteiger partial charge on any atom is -0.492 e. The summed E-state index contributed by atoms with van der Waals surface area (Å²) in [5.41, 5.74) is 2.49. The standard InChI is InChI=1S/C26H39N3O2/c1-6-27(7-2)15-17-30-21-11-13-25-23(19-21)24-20-22(12-14-26(24)29(25)10-5)31-18-16-28(8-3)9-4/h11-14,19-20H,6-10,15-18H2,1-5H3. The van der Waals surface area contributed by atoms with Gasteiger partial charge in [0, 0.05) is 41.4 Å². The Morgan fingerprint density at radius 2 is 1.06 bits per heavy atom. The molecule has 0 bridgehead atoms. The van der Waals surface area contributed by atoms with Gasteiger partial charge < -0.3 is 23.8 Å². The molecule has 1 heterocycles. The second-order valence-electron chi connectivity index (χ2n) is 7.85. The number of rotatable bonds is 13. The molecule has 0 atom stereocenters. The van der Waals surface area contributed by atoms with Gasteiger partial charge in [-0.15, -0.1) is 0 Å². The summed E-state index contributed by atoms with van der Waals surface area (Å²) in [6.07, 6.45) is 0. The summed E-state index contributed by atoms with van der Waals surface area (Å²) in [5.74, 6) is 1.87. The van der Waals surface area contributed by atoms with Gasteiger partial charge in [-0.2, -0.15) is 0 Å². The van der Waals surface area contributed by atoms with Gasteiger partial charge in [-0.1, -0.05) is 27.7 Å². The minimum atomic E-state index is 0.708. The van der Waals surface area contributed by atoms with Crippen LogP contribution in [0.5, 0.6) is 11.5 Å². The van der Waals surface area contributed by atoms with Gasteiger partial charge in [-0.05, 0) is 69.5 Å². The molecule has 0 aliphatic carbocycles. The number of aromatic nitrogens is 1. The van der Waals surface area contributed by atoms with Gasteiger partial charge in [0.15, 0.2) is 0 Å². The summed E-state index contributed by atoms with van der Waals surface area (Å²) in [5, 5.41) is 2.46. The van der Waals surface area contributed by atoms with Crippen molar-refractivity contribution in [3.05, 3.63) is 36.4 Å². The molecule has 0 unspecified atom stereocenters. The van der Waals surface area contributed by atoms with Gasteiger partial charge in [0.1, 0.15) is 24.7 Å². The van der Waals surface area contributed by atoms with E-state index in [1.54, 1.807) is 0 Å². The quantitative estimate of drug-likeness (QED) is 0.374. The average molecular weight is 426 g/mol. The monoisotopic (exact) mass is 425 g/mol. The fraction of sp³-hybridized carbons (Fsp3) is 0.538. The average Bonchev–Trinajstić information content (AvgIpc) is 3.12. The number of ether oxygens (including phenoxy) is 2. The third-order valence-corrected chi connectivity index (χ3v) is 6.27. The number of nitrogens with zero attached hydrogens (tertiary/aromatic N) is 3. The smallest absolute Gasteiger partial charge is 0.120 e. The van der Waals surface area contributed by atoms with Gasteiger partial charge in [0.05, 0.1) is 0 Å². The second-order valence-corrected chi connectivity index (χ2v) is 7.85. The van der Waals surface area contributed by atoms with E-state index >= 15 is 0 Å². The molecule has 0 aliphatic heterocycles. The first-order valence-electron chi connectivity index (χ1n) is 11.9. The number of likely N-dealkylation sites (N-methyl/N-ethyl adjacent to an activating group) is 2. The summed E-state index contributed by atoms with van der Waals surface area (Å²) in [7, 11) is 0. The van der Waals surface area contributed by atoms with Crippen molar-refractivity contribution in [3.63, 3.8) is 0 Å². The Morgan fingerprint density at radius 3 is 1.42 bits per heavy atom. The van der Waals surface area contributed by atoms with Gasteiger partial charge in [0.25, 0.3) is 0 Å². The van der Waals surface area contributed by atoms with Gasteiger partial charge in [-0.3, -0.25) is 0 Å². The zero-order valence-corrected chi connectivity index (χ0v) is 20.0. The van der Waals surface area contributed by atoms with Crippen molar-refractivity contribution in [3.8, 4) is 11.5 Å². The second kappa shape index (κ2) is 11.4. The van der Waals surface area contributed by atoms with E-state index in [1.807, 2.05) is 0 Å². The molecule has 0 saturated heterocycles. The molecule has 1 aromatic heterocycles. The molecule has 3 rings (SSSR count). The number of hydrogen-bond donors (Lipinski definition) is 0. The molecule has 31 heavy (non-hydrogen) atoms. The van der Waals surface area contributed by atoms with Crippen LogP contribution in [-0.4, -0.2) is 66.8 Å². The molecule has 0 spiro atoms. The summed E-state index contributed by atoms with van der Waals surface area (Å²) in [4.78, 5) is 4.76. The minimum absolute atomic E-state index is 0.708. The van der Waals surface area contributed by atoms with Crippen LogP contribution < -0.4 is 9.47 Å². The molecule has 0 saturated carbocycles. The first-order chi connectivity index (χ1) is 15.1. The molecular formula is C26H39N3O2. The molecule has 0 aliphatic rings. The van der Waals surface area contributed by atoms with E-state index in [1.165, 1.54) is 21.8 Å². The van der Waals surface area contributed by atoms with Crippen LogP contribution in [0.3, 0.4) is 0 Å². The van der Waals surface area contributed by atoms with E-state index in [0.29, 0.717) is 13.2 Å². The number of benzene rings is 2. The molecule has 5 nitrogen and oxygen atoms in total. The first kappa shape index (κ1) is 23.4. The normalized spacial score (nSPS) is 11.8. The van der Waals surface area contributed by atoms with Crippen molar-refractivity contribution in [1.29, 1.82) is 0 Å². The molecule has 0 amide bonds. The zero-order valence-electron chi connectivity index (χ0n) is 20.0. The zero-order chi connectivity index (χ0) is 22.2. The fourth-order valence-corrected chi connectivity index (χ4v) is 4.25. The van der Waals surface area contributed by atoms with Crippen molar-refractivity contribution < 1.29 is 9.47 Å². The molecular weight excluding hydrogens is 386 g/mol. The lowest BCUT2D eigenvalue weighted by Crippen LogP contribution is -2.27. The van der Waals surface area contributed by atoms with Gasteiger partial charge >= 0.3 is 0 Å². The van der Waals surface area contributed by atoms with Gasteiger partial charge in [-0.25, -0.2) is 0 Å². The van der Waals surface area contributed by atoms with E-state index in [0.717, 1.165) is 57.3 Å². The summed E-state index contributed by atoms with van der Waals surface area (Å²) < 4.78 is 14.6. The molecule has 0 radical (unpaired) electrons. The summed E-state index contributed by atoms with van der Waals surface area (Å²) in [6.45, 7) is 19.4. The molecule has 170 valence electrons. The highest BCUT2D eigenvalue weighted by atomic mass is 16.5. The Bertz CT molecular complexity index is 883. The number of fused-ring (bicyclic) bond motifs is 3. The Kier molecular flexibility index (Phi) is 8.61. The predicted octanol–water partition coefficient (Wildman–Crippen LogP) is 5.26. The van der Waals surface area contributed by atoms with Gasteiger partial charge in [0.2, 0.25) is 0 Å². The fourth-order valence-electron chi connectivity index (χ4n) is 4.25. The van der Waals surface area contributed by atoms with E-state index in [2.05, 4.69) is 85.4 Å². The number of hydrogen-bond acceptors (Lipinski definition) is 4. The maximum atomic E-state index is 6.10. The third-order valence-electron chi connectivity index (χ3n) is 6.27. The Labute approximate surface area is 187 Å². The topological polar surface area (TPSA) is 29.9 Å². The van der Waals surface area contributed by atoms with Crippen LogP contribution in [0.1, 0.15) is 34.6 Å². The highest BCUT2D eigenvalue weighted by molar-refractivity contribution is 6.09. The largest absolute Gasteiger partial charge is 0.492 e. The molecule has 2 aromatic carbocycles. The van der Waals surface area contributed by atoms with Crippen LogP contribution in [0.25, 0.3) is 21.8 Å². The maximum absolute atomic E-state index is 6.10. The summed E-state index contributed by atoms with van der Waals surface area (Å²) >= 11 is 0. The SMILES string of the molecule is CCN(CC)CCOc1ccc2c(c1)c1cc(OCCN(CC)CC)ccc1n2CC. The lowest BCUT2D eigenvalue weighted by atomic mass is 10.1. The van der Waals surface area contributed by atoms with E-state index in [-0.39, 0.29) is 0 Å². The van der Waals surface area contributed by atoms with Crippen molar-refractivity contribution in [2.45, 2.75) is 41.2 Å². The van der Waals surface area contributed by atoms with Crippen LogP contribution in [0.15, 0.2) is 36.4 Å².